The molecule has 1 aliphatic carbocycles. The van der Waals surface area contributed by atoms with E-state index in [1.54, 1.807) is 4.31 Å². The quantitative estimate of drug-likeness (QED) is 0.851. The topological polar surface area (TPSA) is 63.4 Å². The lowest BCUT2D eigenvalue weighted by Crippen LogP contribution is -2.42. The molecule has 2 aliphatic rings. The first-order chi connectivity index (χ1) is 9.57. The molecule has 0 radical (unpaired) electrons. The van der Waals surface area contributed by atoms with Crippen LogP contribution >= 0.6 is 0 Å². The van der Waals surface area contributed by atoms with Gasteiger partial charge in [-0.3, -0.25) is 0 Å². The highest BCUT2D eigenvalue weighted by Gasteiger charge is 2.34. The Morgan fingerprint density at radius 1 is 1.10 bits per heavy atom. The van der Waals surface area contributed by atoms with Crippen LogP contribution in [-0.2, 0) is 23.0 Å². The van der Waals surface area contributed by atoms with Gasteiger partial charge < -0.3 is 5.73 Å². The maximum Gasteiger partial charge on any atom is 0.217 e. The lowest BCUT2D eigenvalue weighted by Gasteiger charge is -2.33. The standard InChI is InChI=1S/C15H22N2O2S/c16-14-7-6-12-8-9-17(11-13(12)10-14)20(18,19)15-4-2-1-3-5-15/h6-7,10,15H,1-5,8-9,11,16H2. The number of nitrogens with zero attached hydrogens (tertiary/aromatic N) is 1. The fourth-order valence-electron chi connectivity index (χ4n) is 3.34. The molecule has 2 N–H and O–H groups in total. The number of benzene rings is 1. The molecule has 4 nitrogen and oxygen atoms in total. The van der Waals surface area contributed by atoms with E-state index in [-0.39, 0.29) is 5.25 Å². The molecule has 0 bridgehead atoms. The smallest absolute Gasteiger partial charge is 0.217 e. The van der Waals surface area contributed by atoms with Gasteiger partial charge in [0.15, 0.2) is 0 Å². The Labute approximate surface area is 121 Å². The van der Waals surface area contributed by atoms with E-state index in [1.807, 2.05) is 18.2 Å². The minimum atomic E-state index is -3.15. The molecule has 0 spiro atoms. The number of rotatable bonds is 2. The molecule has 0 unspecified atom stereocenters. The van der Waals surface area contributed by atoms with Gasteiger partial charge in [-0.25, -0.2) is 8.42 Å². The van der Waals surface area contributed by atoms with Gasteiger partial charge in [0.25, 0.3) is 0 Å². The zero-order valence-electron chi connectivity index (χ0n) is 11.7. The summed E-state index contributed by atoms with van der Waals surface area (Å²) in [5.74, 6) is 0. The Morgan fingerprint density at radius 2 is 1.85 bits per heavy atom. The monoisotopic (exact) mass is 294 g/mol. The summed E-state index contributed by atoms with van der Waals surface area (Å²) in [6.07, 6.45) is 5.70. The van der Waals surface area contributed by atoms with E-state index in [0.29, 0.717) is 18.8 Å². The summed E-state index contributed by atoms with van der Waals surface area (Å²) in [6, 6.07) is 5.83. The van der Waals surface area contributed by atoms with Crippen LogP contribution in [0.4, 0.5) is 5.69 Å². The number of fused-ring (bicyclic) bond motifs is 1. The van der Waals surface area contributed by atoms with Crippen molar-refractivity contribution < 1.29 is 8.42 Å². The number of sulfonamides is 1. The molecule has 1 heterocycles. The third kappa shape index (κ3) is 2.56. The van der Waals surface area contributed by atoms with Crippen molar-refractivity contribution in [2.24, 2.45) is 0 Å². The van der Waals surface area contributed by atoms with Crippen molar-refractivity contribution in [1.82, 2.24) is 4.31 Å². The molecule has 3 rings (SSSR count). The average molecular weight is 294 g/mol. The van der Waals surface area contributed by atoms with Crippen LogP contribution in [0.1, 0.15) is 43.2 Å². The lowest BCUT2D eigenvalue weighted by atomic mass is 10.0. The van der Waals surface area contributed by atoms with Crippen LogP contribution in [0.15, 0.2) is 18.2 Å². The van der Waals surface area contributed by atoms with Crippen molar-refractivity contribution >= 4 is 15.7 Å². The predicted molar refractivity (Wildman–Crippen MR) is 80.8 cm³/mol. The molecule has 110 valence electrons. The van der Waals surface area contributed by atoms with Gasteiger partial charge in [0.05, 0.1) is 5.25 Å². The average Bonchev–Trinajstić information content (AvgIpc) is 2.47. The molecule has 20 heavy (non-hydrogen) atoms. The summed E-state index contributed by atoms with van der Waals surface area (Å²) in [4.78, 5) is 0. The zero-order valence-corrected chi connectivity index (χ0v) is 12.5. The van der Waals surface area contributed by atoms with Crippen LogP contribution < -0.4 is 5.73 Å². The largest absolute Gasteiger partial charge is 0.399 e. The maximum atomic E-state index is 12.7. The van der Waals surface area contributed by atoms with Crippen molar-refractivity contribution in [3.63, 3.8) is 0 Å². The number of nitrogens with two attached hydrogens (primary N) is 1. The molecule has 1 aliphatic heterocycles. The van der Waals surface area contributed by atoms with Crippen LogP contribution in [0.3, 0.4) is 0 Å². The zero-order chi connectivity index (χ0) is 14.2. The van der Waals surface area contributed by atoms with Gasteiger partial charge in [-0.15, -0.1) is 0 Å². The third-order valence-corrected chi connectivity index (χ3v) is 6.89. The molecule has 1 saturated carbocycles. The van der Waals surface area contributed by atoms with Crippen molar-refractivity contribution in [3.05, 3.63) is 29.3 Å². The maximum absolute atomic E-state index is 12.7. The Hall–Kier alpha value is -1.07. The van der Waals surface area contributed by atoms with E-state index >= 15 is 0 Å². The van der Waals surface area contributed by atoms with Gasteiger partial charge in [0.2, 0.25) is 10.0 Å². The third-order valence-electron chi connectivity index (χ3n) is 4.54. The summed E-state index contributed by atoms with van der Waals surface area (Å²) >= 11 is 0. The van der Waals surface area contributed by atoms with Gasteiger partial charge in [-0.2, -0.15) is 4.31 Å². The van der Waals surface area contributed by atoms with E-state index in [1.165, 1.54) is 12.0 Å². The van der Waals surface area contributed by atoms with Gasteiger partial charge >= 0.3 is 0 Å². The van der Waals surface area contributed by atoms with Gasteiger partial charge in [-0.05, 0) is 42.5 Å². The first kappa shape index (κ1) is 13.9. The lowest BCUT2D eigenvalue weighted by molar-refractivity contribution is 0.371. The SMILES string of the molecule is Nc1ccc2c(c1)CN(S(=O)(=O)C1CCCCC1)CC2. The Bertz CT molecular complexity index is 592. The molecule has 0 saturated heterocycles. The second-order valence-electron chi connectivity index (χ2n) is 5.92. The molecular weight excluding hydrogens is 272 g/mol. The normalized spacial score (nSPS) is 21.6. The molecule has 0 atom stereocenters. The predicted octanol–water partition coefficient (Wildman–Crippen LogP) is 2.29. The first-order valence-electron chi connectivity index (χ1n) is 7.43. The van der Waals surface area contributed by atoms with Crippen molar-refractivity contribution in [1.29, 1.82) is 0 Å². The minimum Gasteiger partial charge on any atom is -0.399 e. The number of hydrogen-bond acceptors (Lipinski definition) is 3. The van der Waals surface area contributed by atoms with E-state index in [0.717, 1.165) is 37.7 Å². The van der Waals surface area contributed by atoms with Crippen molar-refractivity contribution in [2.45, 2.75) is 50.3 Å². The van der Waals surface area contributed by atoms with Crippen LogP contribution in [0, 0.1) is 0 Å². The Balaban J connectivity index is 1.82. The second kappa shape index (κ2) is 5.37. The molecule has 1 aromatic rings. The second-order valence-corrected chi connectivity index (χ2v) is 8.13. The highest BCUT2D eigenvalue weighted by Crippen LogP contribution is 2.30. The van der Waals surface area contributed by atoms with Crippen molar-refractivity contribution in [2.75, 3.05) is 12.3 Å². The van der Waals surface area contributed by atoms with Gasteiger partial charge in [0, 0.05) is 18.8 Å². The molecule has 0 amide bonds. The molecule has 5 heteroatoms. The highest BCUT2D eigenvalue weighted by molar-refractivity contribution is 7.89. The number of anilines is 1. The molecular formula is C15H22N2O2S. The number of nitrogen functional groups attached to an aromatic ring is 1. The summed E-state index contributed by atoms with van der Waals surface area (Å²) in [5.41, 5.74) is 8.82. The summed E-state index contributed by atoms with van der Waals surface area (Å²) in [6.45, 7) is 1.09. The van der Waals surface area contributed by atoms with Crippen LogP contribution in [0.2, 0.25) is 0 Å². The highest BCUT2D eigenvalue weighted by atomic mass is 32.2. The van der Waals surface area contributed by atoms with Gasteiger partial charge in [-0.1, -0.05) is 25.3 Å². The molecule has 0 aromatic heterocycles. The Kier molecular flexibility index (Phi) is 3.73. The molecule has 1 aromatic carbocycles. The minimum absolute atomic E-state index is 0.168. The Morgan fingerprint density at radius 3 is 2.60 bits per heavy atom. The first-order valence-corrected chi connectivity index (χ1v) is 8.94. The summed E-state index contributed by atoms with van der Waals surface area (Å²) in [5, 5.41) is -0.168. The van der Waals surface area contributed by atoms with E-state index in [4.69, 9.17) is 5.73 Å². The molecule has 1 fully saturated rings. The van der Waals surface area contributed by atoms with Crippen LogP contribution in [0.5, 0.6) is 0 Å². The summed E-state index contributed by atoms with van der Waals surface area (Å²) < 4.78 is 27.1. The van der Waals surface area contributed by atoms with E-state index in [9.17, 15) is 8.42 Å². The van der Waals surface area contributed by atoms with E-state index < -0.39 is 10.0 Å². The van der Waals surface area contributed by atoms with Crippen molar-refractivity contribution in [3.8, 4) is 0 Å². The number of hydrogen-bond donors (Lipinski definition) is 1. The summed E-state index contributed by atoms with van der Waals surface area (Å²) in [7, 11) is -3.15. The van der Waals surface area contributed by atoms with Crippen LogP contribution in [0.25, 0.3) is 0 Å². The van der Waals surface area contributed by atoms with Gasteiger partial charge in [0.1, 0.15) is 0 Å². The fraction of sp³-hybridized carbons (Fsp3) is 0.600. The van der Waals surface area contributed by atoms with E-state index in [2.05, 4.69) is 0 Å². The fourth-order valence-corrected chi connectivity index (χ4v) is 5.36. The van der Waals surface area contributed by atoms with Crippen LogP contribution in [-0.4, -0.2) is 24.5 Å².